The van der Waals surface area contributed by atoms with Gasteiger partial charge in [0.2, 0.25) is 0 Å². The predicted octanol–water partition coefficient (Wildman–Crippen LogP) is 2.41. The van der Waals surface area contributed by atoms with Crippen molar-refractivity contribution >= 4 is 28.0 Å². The predicted molar refractivity (Wildman–Crippen MR) is 152 cm³/mol. The Balaban J connectivity index is 0.982. The standard InChI is InChI=1S/C29H38N8O4/c1-15-36(12-20-24(40-15)23(38)27(41-20)37-14-33-22-25(30)31-13-32-26(22)37)17-10-29(39,11-17)8-7-21-34-18-6-5-16(28(2,3)4)9-19(18)35-21/h5-6,9,13-15,17,20,23-24,27,38-39H,7-8,10-12H2,1-4H3,(H,34,35)(H2,30,31,32)/t15?,17?,20-,23-,24-,27-,29?/m1/s1. The van der Waals surface area contributed by atoms with Gasteiger partial charge in [-0.1, -0.05) is 26.8 Å². The highest BCUT2D eigenvalue weighted by Gasteiger charge is 2.54. The average Bonchev–Trinajstić information content (AvgIpc) is 3.60. The Labute approximate surface area is 237 Å². The van der Waals surface area contributed by atoms with Crippen molar-refractivity contribution in [2.75, 3.05) is 12.3 Å². The highest BCUT2D eigenvalue weighted by Crippen LogP contribution is 2.44. The molecule has 5 heterocycles. The van der Waals surface area contributed by atoms with Crippen molar-refractivity contribution in [1.82, 2.24) is 34.4 Å². The molecule has 1 aromatic carbocycles. The Kier molecular flexibility index (Phi) is 6.15. The third-order valence-electron chi connectivity index (χ3n) is 9.11. The molecule has 5 N–H and O–H groups in total. The van der Waals surface area contributed by atoms with Crippen molar-refractivity contribution in [2.24, 2.45) is 0 Å². The Morgan fingerprint density at radius 3 is 2.76 bits per heavy atom. The van der Waals surface area contributed by atoms with E-state index in [1.54, 1.807) is 10.9 Å². The SMILES string of the molecule is CC1O[C@H]2[C@@H](O)[C@H](n3cnc4c(N)ncnc43)O[C@@H]2CN1C1CC(O)(CCc2nc3ccc(C(C)(C)C)cc3[nH]2)C1. The highest BCUT2D eigenvalue weighted by atomic mass is 16.6. The summed E-state index contributed by atoms with van der Waals surface area (Å²) in [6, 6.07) is 6.55. The Hall–Kier alpha value is -3.16. The van der Waals surface area contributed by atoms with Crippen LogP contribution < -0.4 is 5.73 Å². The van der Waals surface area contributed by atoms with Gasteiger partial charge < -0.3 is 30.4 Å². The number of aryl methyl sites for hydroxylation is 1. The summed E-state index contributed by atoms with van der Waals surface area (Å²) in [5, 5.41) is 22.4. The van der Waals surface area contributed by atoms with E-state index in [9.17, 15) is 10.2 Å². The molecule has 2 aliphatic heterocycles. The van der Waals surface area contributed by atoms with Crippen LogP contribution in [0.15, 0.2) is 30.9 Å². The van der Waals surface area contributed by atoms with Crippen LogP contribution in [0, 0.1) is 0 Å². The van der Waals surface area contributed by atoms with Gasteiger partial charge >= 0.3 is 0 Å². The number of anilines is 1. The van der Waals surface area contributed by atoms with Crippen LogP contribution in [0.25, 0.3) is 22.2 Å². The first kappa shape index (κ1) is 26.7. The van der Waals surface area contributed by atoms with Crippen molar-refractivity contribution in [3.05, 3.63) is 42.2 Å². The molecule has 3 aromatic heterocycles. The maximum absolute atomic E-state index is 11.3. The van der Waals surface area contributed by atoms with Gasteiger partial charge in [0.25, 0.3) is 0 Å². The third kappa shape index (κ3) is 4.58. The number of hydrogen-bond donors (Lipinski definition) is 4. The monoisotopic (exact) mass is 562 g/mol. The topological polar surface area (TPSA) is 160 Å². The molecular formula is C29H38N8O4. The minimum atomic E-state index is -0.889. The molecule has 0 radical (unpaired) electrons. The van der Waals surface area contributed by atoms with Crippen molar-refractivity contribution in [2.45, 2.75) is 101 Å². The smallest absolute Gasteiger partial charge is 0.167 e. The number of nitrogen functional groups attached to an aromatic ring is 1. The average molecular weight is 563 g/mol. The zero-order chi connectivity index (χ0) is 28.7. The molecule has 12 nitrogen and oxygen atoms in total. The molecule has 5 atom stereocenters. The molecule has 3 aliphatic rings. The summed E-state index contributed by atoms with van der Waals surface area (Å²) < 4.78 is 14.3. The lowest BCUT2D eigenvalue weighted by Gasteiger charge is -2.53. The molecule has 0 bridgehead atoms. The summed E-state index contributed by atoms with van der Waals surface area (Å²) in [7, 11) is 0. The van der Waals surface area contributed by atoms with E-state index in [1.807, 2.05) is 6.92 Å². The first-order valence-electron chi connectivity index (χ1n) is 14.4. The zero-order valence-corrected chi connectivity index (χ0v) is 23.9. The fraction of sp³-hybridized carbons (Fsp3) is 0.586. The molecule has 1 saturated carbocycles. The van der Waals surface area contributed by atoms with Gasteiger partial charge in [0, 0.05) is 19.0 Å². The number of nitrogens with one attached hydrogen (secondary N) is 1. The number of nitrogens with two attached hydrogens (primary N) is 1. The first-order chi connectivity index (χ1) is 19.5. The van der Waals surface area contributed by atoms with Crippen LogP contribution in [0.1, 0.15) is 64.6 Å². The number of nitrogens with zero attached hydrogens (tertiary/aromatic N) is 6. The van der Waals surface area contributed by atoms with Gasteiger partial charge in [-0.05, 0) is 49.3 Å². The lowest BCUT2D eigenvalue weighted by molar-refractivity contribution is -0.216. The van der Waals surface area contributed by atoms with E-state index in [0.29, 0.717) is 43.4 Å². The van der Waals surface area contributed by atoms with E-state index in [0.717, 1.165) is 16.9 Å². The van der Waals surface area contributed by atoms with Gasteiger partial charge in [0.05, 0.1) is 23.0 Å². The van der Waals surface area contributed by atoms with Gasteiger partial charge in [0.15, 0.2) is 17.7 Å². The van der Waals surface area contributed by atoms with E-state index in [2.05, 4.69) is 63.8 Å². The molecule has 0 amide bonds. The van der Waals surface area contributed by atoms with Crippen LogP contribution >= 0.6 is 0 Å². The summed E-state index contributed by atoms with van der Waals surface area (Å²) in [6.07, 6.45) is 2.97. The molecule has 7 rings (SSSR count). The highest BCUT2D eigenvalue weighted by molar-refractivity contribution is 5.81. The Morgan fingerprint density at radius 2 is 1.98 bits per heavy atom. The van der Waals surface area contributed by atoms with Crippen molar-refractivity contribution < 1.29 is 19.7 Å². The largest absolute Gasteiger partial charge is 0.390 e. The summed E-state index contributed by atoms with van der Waals surface area (Å²) in [6.45, 7) is 9.21. The Bertz CT molecular complexity index is 1590. The number of fused-ring (bicyclic) bond motifs is 3. The number of rotatable bonds is 5. The van der Waals surface area contributed by atoms with Gasteiger partial charge in [-0.3, -0.25) is 9.47 Å². The second-order valence-electron chi connectivity index (χ2n) is 13.0. The van der Waals surface area contributed by atoms with E-state index in [4.69, 9.17) is 20.2 Å². The van der Waals surface area contributed by atoms with Crippen LogP contribution in [0.3, 0.4) is 0 Å². The van der Waals surface area contributed by atoms with E-state index >= 15 is 0 Å². The summed E-state index contributed by atoms with van der Waals surface area (Å²) in [5.74, 6) is 1.18. The molecule has 218 valence electrons. The first-order valence-corrected chi connectivity index (χ1v) is 14.4. The van der Waals surface area contributed by atoms with Crippen LogP contribution in [0.5, 0.6) is 0 Å². The van der Waals surface area contributed by atoms with Crippen LogP contribution in [0.4, 0.5) is 5.82 Å². The Morgan fingerprint density at radius 1 is 1.17 bits per heavy atom. The number of imidazole rings is 2. The summed E-state index contributed by atoms with van der Waals surface area (Å²) >= 11 is 0. The van der Waals surface area contributed by atoms with Crippen LogP contribution in [0.2, 0.25) is 0 Å². The fourth-order valence-corrected chi connectivity index (χ4v) is 6.68. The number of aliphatic hydroxyl groups is 2. The van der Waals surface area contributed by atoms with E-state index in [-0.39, 0.29) is 29.6 Å². The van der Waals surface area contributed by atoms with Gasteiger partial charge in [0.1, 0.15) is 42.2 Å². The van der Waals surface area contributed by atoms with Gasteiger partial charge in [-0.2, -0.15) is 0 Å². The normalized spacial score (nSPS) is 32.4. The molecule has 0 spiro atoms. The van der Waals surface area contributed by atoms with E-state index in [1.165, 1.54) is 11.9 Å². The maximum atomic E-state index is 11.3. The number of ether oxygens (including phenoxy) is 2. The molecule has 4 aromatic rings. The molecule has 2 saturated heterocycles. The molecule has 1 unspecified atom stereocenters. The maximum Gasteiger partial charge on any atom is 0.167 e. The fourth-order valence-electron chi connectivity index (χ4n) is 6.68. The number of hydrogen-bond acceptors (Lipinski definition) is 10. The second-order valence-corrected chi connectivity index (χ2v) is 13.0. The number of aromatic amines is 1. The number of aliphatic hydroxyl groups excluding tert-OH is 1. The minimum absolute atomic E-state index is 0.0742. The van der Waals surface area contributed by atoms with Crippen molar-refractivity contribution in [3.63, 3.8) is 0 Å². The minimum Gasteiger partial charge on any atom is -0.390 e. The second kappa shape index (κ2) is 9.43. The summed E-state index contributed by atoms with van der Waals surface area (Å²) in [4.78, 5) is 23.0. The molecular weight excluding hydrogens is 524 g/mol. The van der Waals surface area contributed by atoms with Crippen molar-refractivity contribution in [3.8, 4) is 0 Å². The third-order valence-corrected chi connectivity index (χ3v) is 9.11. The number of H-pyrrole nitrogens is 1. The lowest BCUT2D eigenvalue weighted by Crippen LogP contribution is -2.63. The van der Waals surface area contributed by atoms with E-state index < -0.39 is 24.0 Å². The summed E-state index contributed by atoms with van der Waals surface area (Å²) in [5.41, 5.74) is 9.51. The van der Waals surface area contributed by atoms with Crippen LogP contribution in [-0.2, 0) is 21.3 Å². The molecule has 1 aliphatic carbocycles. The van der Waals surface area contributed by atoms with Crippen LogP contribution in [-0.4, -0.2) is 87.3 Å². The lowest BCUT2D eigenvalue weighted by atomic mass is 9.72. The quantitative estimate of drug-likeness (QED) is 0.284. The molecule has 41 heavy (non-hydrogen) atoms. The van der Waals surface area contributed by atoms with Gasteiger partial charge in [-0.15, -0.1) is 0 Å². The molecule has 12 heteroatoms. The van der Waals surface area contributed by atoms with Crippen molar-refractivity contribution in [1.29, 1.82) is 0 Å². The number of aromatic nitrogens is 6. The van der Waals surface area contributed by atoms with Gasteiger partial charge in [-0.25, -0.2) is 19.9 Å². The number of benzene rings is 1. The zero-order valence-electron chi connectivity index (χ0n) is 23.9. The molecule has 3 fully saturated rings.